The van der Waals surface area contributed by atoms with Crippen LogP contribution < -0.4 is 5.73 Å². The lowest BCUT2D eigenvalue weighted by Gasteiger charge is -2.12. The molecule has 0 aromatic rings. The van der Waals surface area contributed by atoms with Gasteiger partial charge >= 0.3 is 9.53 Å². The highest BCUT2D eigenvalue weighted by Crippen LogP contribution is 2.13. The molecule has 0 aliphatic heterocycles. The standard InChI is InChI=1S/C6H16O3Si.C4H8BrNO/c1-4-7-10(8-5-2)9-6-3;1-4(2,5)3(6)7/h10H,4-6H2,1-3H3;1-2H3,(H2,6,7). The lowest BCUT2D eigenvalue weighted by molar-refractivity contribution is -0.119. The van der Waals surface area contributed by atoms with Crippen molar-refractivity contribution in [1.29, 1.82) is 0 Å². The van der Waals surface area contributed by atoms with E-state index in [0.717, 1.165) is 0 Å². The molecule has 7 heteroatoms. The lowest BCUT2D eigenvalue weighted by Crippen LogP contribution is -2.31. The van der Waals surface area contributed by atoms with Crippen molar-refractivity contribution in [3.63, 3.8) is 0 Å². The van der Waals surface area contributed by atoms with Crippen LogP contribution in [-0.4, -0.2) is 39.6 Å². The molecule has 0 heterocycles. The molecule has 0 fully saturated rings. The fourth-order valence-corrected chi connectivity index (χ4v) is 1.66. The van der Waals surface area contributed by atoms with Crippen molar-refractivity contribution in [1.82, 2.24) is 0 Å². The molecular formula is C10H24BrNO4Si. The Morgan fingerprint density at radius 3 is 1.47 bits per heavy atom. The van der Waals surface area contributed by atoms with E-state index in [1.807, 2.05) is 20.8 Å². The van der Waals surface area contributed by atoms with Gasteiger partial charge in [0.05, 0.1) is 4.32 Å². The van der Waals surface area contributed by atoms with E-state index in [1.165, 1.54) is 0 Å². The first-order valence-corrected chi connectivity index (χ1v) is 7.83. The zero-order chi connectivity index (χ0) is 13.9. The lowest BCUT2D eigenvalue weighted by atomic mass is 10.2. The van der Waals surface area contributed by atoms with Gasteiger partial charge in [0.25, 0.3) is 0 Å². The second-order valence-electron chi connectivity index (χ2n) is 3.49. The predicted octanol–water partition coefficient (Wildman–Crippen LogP) is 1.46. The summed E-state index contributed by atoms with van der Waals surface area (Å²) in [5.41, 5.74) is 4.88. The number of rotatable bonds is 7. The van der Waals surface area contributed by atoms with E-state index in [1.54, 1.807) is 13.8 Å². The molecule has 1 amide bonds. The van der Waals surface area contributed by atoms with E-state index in [0.29, 0.717) is 19.8 Å². The van der Waals surface area contributed by atoms with Crippen molar-refractivity contribution >= 4 is 31.4 Å². The molecule has 104 valence electrons. The Kier molecular flexibility index (Phi) is 12.7. The molecule has 17 heavy (non-hydrogen) atoms. The summed E-state index contributed by atoms with van der Waals surface area (Å²) in [6, 6.07) is 0. The number of hydrogen-bond donors (Lipinski definition) is 1. The SMILES string of the molecule is CC(C)(Br)C(N)=O.CCO[SiH](OCC)OCC. The van der Waals surface area contributed by atoms with E-state index in [4.69, 9.17) is 19.0 Å². The minimum absolute atomic E-state index is 0.340. The predicted molar refractivity (Wildman–Crippen MR) is 74.2 cm³/mol. The highest BCUT2D eigenvalue weighted by atomic mass is 79.9. The van der Waals surface area contributed by atoms with Gasteiger partial charge in [0.1, 0.15) is 0 Å². The fraction of sp³-hybridized carbons (Fsp3) is 0.900. The third-order valence-corrected chi connectivity index (χ3v) is 3.70. The van der Waals surface area contributed by atoms with Gasteiger partial charge < -0.3 is 19.0 Å². The van der Waals surface area contributed by atoms with Gasteiger partial charge in [-0.2, -0.15) is 0 Å². The minimum Gasteiger partial charge on any atom is -0.376 e. The summed E-state index contributed by atoms with van der Waals surface area (Å²) in [7, 11) is -1.73. The second-order valence-corrected chi connectivity index (χ2v) is 7.05. The minimum atomic E-state index is -1.73. The van der Waals surface area contributed by atoms with Crippen LogP contribution in [0.4, 0.5) is 0 Å². The number of carbonyl (C=O) groups excluding carboxylic acids is 1. The summed E-state index contributed by atoms with van der Waals surface area (Å²) >= 11 is 3.07. The van der Waals surface area contributed by atoms with Gasteiger partial charge in [0, 0.05) is 19.8 Å². The maximum atomic E-state index is 10.2. The average molecular weight is 330 g/mol. The molecule has 5 nitrogen and oxygen atoms in total. The zero-order valence-electron chi connectivity index (χ0n) is 11.3. The first kappa shape index (κ1) is 19.4. The smallest absolute Gasteiger partial charge is 0.376 e. The Labute approximate surface area is 114 Å². The molecule has 2 N–H and O–H groups in total. The van der Waals surface area contributed by atoms with Crippen LogP contribution in [0.3, 0.4) is 0 Å². The van der Waals surface area contributed by atoms with Gasteiger partial charge in [0.2, 0.25) is 5.91 Å². The molecule has 0 saturated carbocycles. The molecule has 0 saturated heterocycles. The number of carbonyl (C=O) groups is 1. The van der Waals surface area contributed by atoms with E-state index < -0.39 is 13.9 Å². The summed E-state index contributed by atoms with van der Waals surface area (Å²) in [5.74, 6) is -0.340. The third kappa shape index (κ3) is 14.0. The third-order valence-electron chi connectivity index (χ3n) is 1.49. The molecule has 0 rings (SSSR count). The molecular weight excluding hydrogens is 306 g/mol. The van der Waals surface area contributed by atoms with Crippen LogP contribution in [0.15, 0.2) is 0 Å². The van der Waals surface area contributed by atoms with Crippen molar-refractivity contribution < 1.29 is 18.1 Å². The van der Waals surface area contributed by atoms with E-state index in [-0.39, 0.29) is 5.91 Å². The largest absolute Gasteiger partial charge is 0.484 e. The van der Waals surface area contributed by atoms with Crippen LogP contribution in [0.2, 0.25) is 0 Å². The maximum absolute atomic E-state index is 10.2. The van der Waals surface area contributed by atoms with Gasteiger partial charge in [-0.05, 0) is 34.6 Å². The molecule has 0 spiro atoms. The first-order valence-electron chi connectivity index (χ1n) is 5.63. The molecule has 0 radical (unpaired) electrons. The van der Waals surface area contributed by atoms with Crippen LogP contribution in [0.5, 0.6) is 0 Å². The summed E-state index contributed by atoms with van der Waals surface area (Å²) in [5, 5.41) is 0. The fourth-order valence-electron chi connectivity index (χ4n) is 0.553. The van der Waals surface area contributed by atoms with Crippen LogP contribution in [0.1, 0.15) is 34.6 Å². The Bertz CT molecular complexity index is 185. The van der Waals surface area contributed by atoms with Crippen molar-refractivity contribution in [2.75, 3.05) is 19.8 Å². The highest BCUT2D eigenvalue weighted by molar-refractivity contribution is 9.10. The topological polar surface area (TPSA) is 70.8 Å². The Morgan fingerprint density at radius 2 is 1.35 bits per heavy atom. The second kappa shape index (κ2) is 11.2. The van der Waals surface area contributed by atoms with Crippen molar-refractivity contribution in [2.45, 2.75) is 38.9 Å². The molecule has 0 aromatic carbocycles. The van der Waals surface area contributed by atoms with E-state index in [9.17, 15) is 4.79 Å². The van der Waals surface area contributed by atoms with E-state index >= 15 is 0 Å². The number of amides is 1. The summed E-state index contributed by atoms with van der Waals surface area (Å²) in [6.07, 6.45) is 0. The summed E-state index contributed by atoms with van der Waals surface area (Å²) in [4.78, 5) is 10.2. The average Bonchev–Trinajstić information content (AvgIpc) is 2.18. The van der Waals surface area contributed by atoms with Crippen molar-refractivity contribution in [2.24, 2.45) is 5.73 Å². The number of halogens is 1. The summed E-state index contributed by atoms with van der Waals surface area (Å²) < 4.78 is 15.1. The molecule has 0 atom stereocenters. The Morgan fingerprint density at radius 1 is 1.12 bits per heavy atom. The normalized spacial score (nSPS) is 11.0. The number of alkyl halides is 1. The molecule has 0 bridgehead atoms. The first-order chi connectivity index (χ1) is 7.79. The molecule has 0 aliphatic rings. The molecule has 0 unspecified atom stereocenters. The van der Waals surface area contributed by atoms with Crippen LogP contribution >= 0.6 is 15.9 Å². The maximum Gasteiger partial charge on any atom is 0.484 e. The van der Waals surface area contributed by atoms with Crippen LogP contribution in [-0.2, 0) is 18.1 Å². The Hall–Kier alpha value is 0.0469. The molecule has 0 aliphatic carbocycles. The number of primary amides is 1. The van der Waals surface area contributed by atoms with Gasteiger partial charge in [-0.3, -0.25) is 4.79 Å². The Balaban J connectivity index is 0. The van der Waals surface area contributed by atoms with Crippen molar-refractivity contribution in [3.05, 3.63) is 0 Å². The van der Waals surface area contributed by atoms with E-state index in [2.05, 4.69) is 15.9 Å². The van der Waals surface area contributed by atoms with Crippen LogP contribution in [0, 0.1) is 0 Å². The van der Waals surface area contributed by atoms with Gasteiger partial charge in [0.15, 0.2) is 0 Å². The van der Waals surface area contributed by atoms with Crippen LogP contribution in [0.25, 0.3) is 0 Å². The number of nitrogens with two attached hydrogens (primary N) is 1. The van der Waals surface area contributed by atoms with Gasteiger partial charge in [-0.15, -0.1) is 0 Å². The van der Waals surface area contributed by atoms with Crippen molar-refractivity contribution in [3.8, 4) is 0 Å². The highest BCUT2D eigenvalue weighted by Gasteiger charge is 2.18. The number of hydrogen-bond acceptors (Lipinski definition) is 4. The monoisotopic (exact) mass is 329 g/mol. The quantitative estimate of drug-likeness (QED) is 0.567. The zero-order valence-corrected chi connectivity index (χ0v) is 14.0. The summed E-state index contributed by atoms with van der Waals surface area (Å²) in [6.45, 7) is 11.3. The molecule has 0 aromatic heterocycles. The van der Waals surface area contributed by atoms with Gasteiger partial charge in [-0.1, -0.05) is 15.9 Å². The van der Waals surface area contributed by atoms with Gasteiger partial charge in [-0.25, -0.2) is 0 Å².